The van der Waals surface area contributed by atoms with Crippen molar-refractivity contribution in [2.45, 2.75) is 39.7 Å². The van der Waals surface area contributed by atoms with E-state index in [2.05, 4.69) is 25.7 Å². The van der Waals surface area contributed by atoms with E-state index >= 15 is 0 Å². The van der Waals surface area contributed by atoms with E-state index in [0.717, 1.165) is 12.5 Å². The Balaban J connectivity index is 2.27. The molecule has 1 rings (SSSR count). The van der Waals surface area contributed by atoms with E-state index in [-0.39, 0.29) is 0 Å². The molecule has 0 bridgehead atoms. The van der Waals surface area contributed by atoms with Gasteiger partial charge in [-0.25, -0.2) is 0 Å². The van der Waals surface area contributed by atoms with E-state index in [1.54, 1.807) is 0 Å². The average molecular weight is 184 g/mol. The molecule has 0 spiro atoms. The lowest BCUT2D eigenvalue weighted by molar-refractivity contribution is 0.165. The van der Waals surface area contributed by atoms with E-state index < -0.39 is 0 Å². The van der Waals surface area contributed by atoms with Crippen molar-refractivity contribution in [1.82, 2.24) is 4.90 Å². The second-order valence-corrected chi connectivity index (χ2v) is 4.91. The van der Waals surface area contributed by atoms with E-state index in [1.165, 1.54) is 25.9 Å². The Morgan fingerprint density at radius 1 is 1.46 bits per heavy atom. The molecule has 0 aromatic heterocycles. The molecule has 2 atom stereocenters. The first kappa shape index (κ1) is 11.0. The zero-order valence-electron chi connectivity index (χ0n) is 9.29. The molecule has 1 saturated heterocycles. The van der Waals surface area contributed by atoms with Crippen LogP contribution in [0.3, 0.4) is 0 Å². The maximum absolute atomic E-state index is 6.05. The molecule has 2 unspecified atom stereocenters. The van der Waals surface area contributed by atoms with Gasteiger partial charge >= 0.3 is 0 Å². The van der Waals surface area contributed by atoms with Crippen LogP contribution >= 0.6 is 0 Å². The van der Waals surface area contributed by atoms with Gasteiger partial charge in [-0.2, -0.15) is 0 Å². The fourth-order valence-corrected chi connectivity index (χ4v) is 1.96. The van der Waals surface area contributed by atoms with Crippen molar-refractivity contribution in [2.24, 2.45) is 17.6 Å². The van der Waals surface area contributed by atoms with Crippen LogP contribution in [0, 0.1) is 11.8 Å². The topological polar surface area (TPSA) is 29.3 Å². The fraction of sp³-hybridized carbons (Fsp3) is 1.00. The van der Waals surface area contributed by atoms with Crippen LogP contribution in [0.4, 0.5) is 0 Å². The Kier molecular flexibility index (Phi) is 4.20. The van der Waals surface area contributed by atoms with Gasteiger partial charge in [0.1, 0.15) is 0 Å². The number of rotatable bonds is 3. The molecule has 13 heavy (non-hydrogen) atoms. The normalized spacial score (nSPS) is 27.9. The van der Waals surface area contributed by atoms with Gasteiger partial charge in [0.2, 0.25) is 0 Å². The first-order valence-corrected chi connectivity index (χ1v) is 5.57. The molecule has 0 aliphatic carbocycles. The number of piperidine rings is 1. The van der Waals surface area contributed by atoms with Crippen molar-refractivity contribution >= 4 is 0 Å². The summed E-state index contributed by atoms with van der Waals surface area (Å²) in [5.74, 6) is 1.48. The predicted octanol–water partition coefficient (Wildman–Crippen LogP) is 1.70. The summed E-state index contributed by atoms with van der Waals surface area (Å²) in [5, 5.41) is 0. The largest absolute Gasteiger partial charge is 0.326 e. The Morgan fingerprint density at radius 2 is 2.15 bits per heavy atom. The molecule has 0 aromatic carbocycles. The second-order valence-electron chi connectivity index (χ2n) is 4.91. The molecule has 0 radical (unpaired) electrons. The highest BCUT2D eigenvalue weighted by Gasteiger charge is 2.19. The minimum absolute atomic E-state index is 0.352. The summed E-state index contributed by atoms with van der Waals surface area (Å²) in [6, 6.07) is 0.352. The van der Waals surface area contributed by atoms with Crippen LogP contribution in [0.15, 0.2) is 0 Å². The molecule has 78 valence electrons. The van der Waals surface area contributed by atoms with Crippen LogP contribution in [0.25, 0.3) is 0 Å². The lowest BCUT2D eigenvalue weighted by Crippen LogP contribution is -2.44. The smallest absolute Gasteiger partial charge is 0.0191 e. The predicted molar refractivity (Wildman–Crippen MR) is 57.7 cm³/mol. The van der Waals surface area contributed by atoms with E-state index in [9.17, 15) is 0 Å². The summed E-state index contributed by atoms with van der Waals surface area (Å²) in [6.45, 7) is 10.3. The van der Waals surface area contributed by atoms with Gasteiger partial charge < -0.3 is 10.6 Å². The third-order valence-corrected chi connectivity index (χ3v) is 3.07. The van der Waals surface area contributed by atoms with E-state index in [1.807, 2.05) is 0 Å². The third kappa shape index (κ3) is 3.65. The van der Waals surface area contributed by atoms with Crippen molar-refractivity contribution in [3.05, 3.63) is 0 Å². The van der Waals surface area contributed by atoms with Crippen LogP contribution in [0.2, 0.25) is 0 Å². The molecule has 1 aliphatic heterocycles. The molecule has 0 amide bonds. The zero-order chi connectivity index (χ0) is 9.84. The molecular weight excluding hydrogens is 160 g/mol. The molecule has 1 aliphatic rings. The van der Waals surface area contributed by atoms with Gasteiger partial charge in [0, 0.05) is 19.1 Å². The van der Waals surface area contributed by atoms with E-state index in [0.29, 0.717) is 12.0 Å². The van der Waals surface area contributed by atoms with Crippen molar-refractivity contribution in [3.8, 4) is 0 Å². The maximum Gasteiger partial charge on any atom is 0.0191 e. The first-order valence-electron chi connectivity index (χ1n) is 5.57. The monoisotopic (exact) mass is 184 g/mol. The minimum atomic E-state index is 0.352. The highest BCUT2D eigenvalue weighted by Crippen LogP contribution is 2.16. The van der Waals surface area contributed by atoms with Gasteiger partial charge in [-0.15, -0.1) is 0 Å². The van der Waals surface area contributed by atoms with Gasteiger partial charge in [-0.05, 0) is 31.2 Å². The minimum Gasteiger partial charge on any atom is -0.326 e. The summed E-state index contributed by atoms with van der Waals surface area (Å²) in [7, 11) is 0. The lowest BCUT2D eigenvalue weighted by Gasteiger charge is -2.33. The Labute approximate surface area is 82.5 Å². The third-order valence-electron chi connectivity index (χ3n) is 3.07. The quantitative estimate of drug-likeness (QED) is 0.723. The van der Waals surface area contributed by atoms with Gasteiger partial charge in [0.25, 0.3) is 0 Å². The molecule has 2 nitrogen and oxygen atoms in total. The Morgan fingerprint density at radius 3 is 2.69 bits per heavy atom. The number of hydrogen-bond donors (Lipinski definition) is 1. The molecule has 0 saturated carbocycles. The average Bonchev–Trinajstić information content (AvgIpc) is 2.04. The Hall–Kier alpha value is -0.0800. The van der Waals surface area contributed by atoms with Crippen LogP contribution in [0.1, 0.15) is 33.6 Å². The maximum atomic E-state index is 6.05. The number of likely N-dealkylation sites (tertiary alicyclic amines) is 1. The number of nitrogens with zero attached hydrogens (tertiary/aromatic N) is 1. The zero-order valence-corrected chi connectivity index (χ0v) is 9.29. The summed E-state index contributed by atoms with van der Waals surface area (Å²) >= 11 is 0. The van der Waals surface area contributed by atoms with Gasteiger partial charge in [-0.3, -0.25) is 0 Å². The molecule has 1 fully saturated rings. The number of nitrogens with two attached hydrogens (primary N) is 1. The fourth-order valence-electron chi connectivity index (χ4n) is 1.96. The SMILES string of the molecule is CC1CCCN(CC(N)C(C)C)C1. The van der Waals surface area contributed by atoms with Gasteiger partial charge in [0.15, 0.2) is 0 Å². The van der Waals surface area contributed by atoms with Crippen LogP contribution < -0.4 is 5.73 Å². The van der Waals surface area contributed by atoms with Crippen molar-refractivity contribution in [3.63, 3.8) is 0 Å². The Bertz CT molecular complexity index is 145. The van der Waals surface area contributed by atoms with Crippen LogP contribution in [-0.4, -0.2) is 30.6 Å². The molecular formula is C11H24N2. The van der Waals surface area contributed by atoms with Crippen LogP contribution in [0.5, 0.6) is 0 Å². The lowest BCUT2D eigenvalue weighted by atomic mass is 9.98. The van der Waals surface area contributed by atoms with Crippen molar-refractivity contribution in [1.29, 1.82) is 0 Å². The van der Waals surface area contributed by atoms with Crippen LogP contribution in [-0.2, 0) is 0 Å². The molecule has 2 heteroatoms. The second kappa shape index (κ2) is 4.97. The standard InChI is InChI=1S/C11H24N2/c1-9(2)11(12)8-13-6-4-5-10(3)7-13/h9-11H,4-8,12H2,1-3H3. The van der Waals surface area contributed by atoms with E-state index in [4.69, 9.17) is 5.73 Å². The molecule has 2 N–H and O–H groups in total. The van der Waals surface area contributed by atoms with Crippen molar-refractivity contribution in [2.75, 3.05) is 19.6 Å². The summed E-state index contributed by atoms with van der Waals surface area (Å²) < 4.78 is 0. The first-order chi connectivity index (χ1) is 6.09. The summed E-state index contributed by atoms with van der Waals surface area (Å²) in [4.78, 5) is 2.53. The highest BCUT2D eigenvalue weighted by atomic mass is 15.1. The van der Waals surface area contributed by atoms with Crippen molar-refractivity contribution < 1.29 is 0 Å². The van der Waals surface area contributed by atoms with Gasteiger partial charge in [-0.1, -0.05) is 20.8 Å². The summed E-state index contributed by atoms with van der Waals surface area (Å²) in [6.07, 6.45) is 2.75. The molecule has 0 aromatic rings. The molecule has 1 heterocycles. The van der Waals surface area contributed by atoms with Gasteiger partial charge in [0.05, 0.1) is 0 Å². The number of hydrogen-bond acceptors (Lipinski definition) is 2. The summed E-state index contributed by atoms with van der Waals surface area (Å²) in [5.41, 5.74) is 6.05. The highest BCUT2D eigenvalue weighted by molar-refractivity contribution is 4.75.